The molecule has 1 aromatic rings. The molecule has 0 unspecified atom stereocenters. The van der Waals surface area contributed by atoms with E-state index >= 15 is 0 Å². The molecule has 0 amide bonds. The van der Waals surface area contributed by atoms with E-state index in [-0.39, 0.29) is 24.6 Å². The smallest absolute Gasteiger partial charge is 0.309 e. The average Bonchev–Trinajstić information content (AvgIpc) is 2.89. The molecular weight excluding hydrogens is 268 g/mol. The Bertz CT molecular complexity index is 484. The Morgan fingerprint density at radius 3 is 2.76 bits per heavy atom. The van der Waals surface area contributed by atoms with Gasteiger partial charge in [-0.15, -0.1) is 0 Å². The minimum atomic E-state index is -0.214. The fourth-order valence-electron chi connectivity index (χ4n) is 2.63. The van der Waals surface area contributed by atoms with Crippen molar-refractivity contribution in [3.63, 3.8) is 0 Å². The van der Waals surface area contributed by atoms with Gasteiger partial charge >= 0.3 is 5.97 Å². The van der Waals surface area contributed by atoms with Crippen LogP contribution in [-0.4, -0.2) is 31.9 Å². The van der Waals surface area contributed by atoms with Gasteiger partial charge in [-0.3, -0.25) is 4.79 Å². The molecule has 0 saturated heterocycles. The molecule has 4 heteroatoms. The summed E-state index contributed by atoms with van der Waals surface area (Å²) in [6, 6.07) is 6.05. The molecule has 1 aliphatic rings. The first kappa shape index (κ1) is 15.8. The van der Waals surface area contributed by atoms with Crippen molar-refractivity contribution in [2.24, 2.45) is 0 Å². The number of carbonyl (C=O) groups is 1. The van der Waals surface area contributed by atoms with E-state index in [4.69, 9.17) is 14.2 Å². The predicted molar refractivity (Wildman–Crippen MR) is 80.6 cm³/mol. The lowest BCUT2D eigenvalue weighted by molar-refractivity contribution is -0.154. The maximum absolute atomic E-state index is 11.8. The Labute approximate surface area is 126 Å². The molecule has 0 bridgehead atoms. The molecule has 0 spiro atoms. The van der Waals surface area contributed by atoms with E-state index in [0.717, 1.165) is 36.1 Å². The minimum Gasteiger partial charge on any atom is -0.493 e. The van der Waals surface area contributed by atoms with Crippen molar-refractivity contribution in [3.8, 4) is 5.75 Å². The predicted octanol–water partition coefficient (Wildman–Crippen LogP) is 3.18. The zero-order valence-corrected chi connectivity index (χ0v) is 13.1. The monoisotopic (exact) mass is 292 g/mol. The summed E-state index contributed by atoms with van der Waals surface area (Å²) in [7, 11) is 1.67. The highest BCUT2D eigenvalue weighted by molar-refractivity contribution is 5.69. The Morgan fingerprint density at radius 1 is 1.24 bits per heavy atom. The van der Waals surface area contributed by atoms with Crippen molar-refractivity contribution in [1.29, 1.82) is 0 Å². The van der Waals surface area contributed by atoms with Gasteiger partial charge in [0.2, 0.25) is 0 Å². The molecule has 1 aliphatic carbocycles. The number of hydrogen-bond donors (Lipinski definition) is 0. The fourth-order valence-corrected chi connectivity index (χ4v) is 2.63. The normalized spacial score (nSPS) is 21.3. The molecule has 0 N–H and O–H groups in total. The van der Waals surface area contributed by atoms with E-state index in [2.05, 4.69) is 0 Å². The van der Waals surface area contributed by atoms with Crippen LogP contribution in [0.3, 0.4) is 0 Å². The summed E-state index contributed by atoms with van der Waals surface area (Å²) in [6.07, 6.45) is 3.13. The van der Waals surface area contributed by atoms with Crippen LogP contribution in [-0.2, 0) is 14.3 Å². The number of benzene rings is 1. The topological polar surface area (TPSA) is 44.8 Å². The van der Waals surface area contributed by atoms with Gasteiger partial charge in [0.1, 0.15) is 11.9 Å². The van der Waals surface area contributed by atoms with Crippen LogP contribution >= 0.6 is 0 Å². The number of carbonyl (C=O) groups excluding carboxylic acids is 1. The third-order valence-corrected chi connectivity index (χ3v) is 3.88. The molecule has 21 heavy (non-hydrogen) atoms. The molecule has 0 heterocycles. The standard InChI is InChI=1S/C17H24O4/c1-12-7-8-13(2)16(11-12)20-10-9-17(18)21-15-6-4-5-14(15)19-3/h7-8,11,14-15H,4-6,9-10H2,1-3H3/t14-,15+/m0/s1. The second kappa shape index (κ2) is 7.46. The summed E-state index contributed by atoms with van der Waals surface area (Å²) < 4.78 is 16.5. The first-order chi connectivity index (χ1) is 10.1. The van der Waals surface area contributed by atoms with Gasteiger partial charge in [-0.05, 0) is 50.3 Å². The number of ether oxygens (including phenoxy) is 3. The lowest BCUT2D eigenvalue weighted by Crippen LogP contribution is -2.28. The maximum Gasteiger partial charge on any atom is 0.309 e. The van der Waals surface area contributed by atoms with Crippen molar-refractivity contribution in [3.05, 3.63) is 29.3 Å². The van der Waals surface area contributed by atoms with Crippen LogP contribution in [0.15, 0.2) is 18.2 Å². The number of hydrogen-bond acceptors (Lipinski definition) is 4. The summed E-state index contributed by atoms with van der Waals surface area (Å²) in [5.41, 5.74) is 2.22. The molecular formula is C17H24O4. The number of aryl methyl sites for hydroxylation is 2. The summed E-state index contributed by atoms with van der Waals surface area (Å²) >= 11 is 0. The zero-order valence-electron chi connectivity index (χ0n) is 13.1. The average molecular weight is 292 g/mol. The highest BCUT2D eigenvalue weighted by Gasteiger charge is 2.30. The first-order valence-electron chi connectivity index (χ1n) is 7.52. The van der Waals surface area contributed by atoms with Crippen molar-refractivity contribution in [1.82, 2.24) is 0 Å². The van der Waals surface area contributed by atoms with Gasteiger partial charge in [-0.2, -0.15) is 0 Å². The van der Waals surface area contributed by atoms with Gasteiger partial charge in [0.25, 0.3) is 0 Å². The molecule has 1 fully saturated rings. The highest BCUT2D eigenvalue weighted by atomic mass is 16.6. The van der Waals surface area contributed by atoms with E-state index in [0.29, 0.717) is 6.61 Å². The van der Waals surface area contributed by atoms with Gasteiger partial charge < -0.3 is 14.2 Å². The quantitative estimate of drug-likeness (QED) is 0.755. The lowest BCUT2D eigenvalue weighted by Gasteiger charge is -2.18. The lowest BCUT2D eigenvalue weighted by atomic mass is 10.1. The van der Waals surface area contributed by atoms with E-state index in [9.17, 15) is 4.79 Å². The van der Waals surface area contributed by atoms with Crippen LogP contribution in [0.4, 0.5) is 0 Å². The second-order valence-electron chi connectivity index (χ2n) is 5.60. The third kappa shape index (κ3) is 4.46. The Kier molecular flexibility index (Phi) is 5.62. The van der Waals surface area contributed by atoms with Crippen LogP contribution in [0.5, 0.6) is 5.75 Å². The number of esters is 1. The minimum absolute atomic E-state index is 0.0499. The molecule has 1 saturated carbocycles. The first-order valence-corrected chi connectivity index (χ1v) is 7.52. The van der Waals surface area contributed by atoms with E-state index in [1.54, 1.807) is 7.11 Å². The van der Waals surface area contributed by atoms with Gasteiger partial charge in [0.05, 0.1) is 19.1 Å². The van der Waals surface area contributed by atoms with Gasteiger partial charge in [-0.25, -0.2) is 0 Å². The molecule has 1 aromatic carbocycles. The van der Waals surface area contributed by atoms with Gasteiger partial charge in [-0.1, -0.05) is 12.1 Å². The summed E-state index contributed by atoms with van der Waals surface area (Å²) in [6.45, 7) is 4.36. The Balaban J connectivity index is 1.75. The Morgan fingerprint density at radius 2 is 2.00 bits per heavy atom. The third-order valence-electron chi connectivity index (χ3n) is 3.88. The Hall–Kier alpha value is -1.55. The van der Waals surface area contributed by atoms with Crippen molar-refractivity contribution >= 4 is 5.97 Å². The van der Waals surface area contributed by atoms with Gasteiger partial charge in [0.15, 0.2) is 0 Å². The molecule has 0 aliphatic heterocycles. The van der Waals surface area contributed by atoms with Crippen LogP contribution in [0.2, 0.25) is 0 Å². The van der Waals surface area contributed by atoms with Crippen LogP contribution in [0.25, 0.3) is 0 Å². The maximum atomic E-state index is 11.8. The second-order valence-corrected chi connectivity index (χ2v) is 5.60. The van der Waals surface area contributed by atoms with Crippen molar-refractivity contribution in [2.45, 2.75) is 51.7 Å². The van der Waals surface area contributed by atoms with Crippen LogP contribution in [0, 0.1) is 13.8 Å². The fraction of sp³-hybridized carbons (Fsp3) is 0.588. The van der Waals surface area contributed by atoms with Gasteiger partial charge in [0, 0.05) is 7.11 Å². The van der Waals surface area contributed by atoms with E-state index < -0.39 is 0 Å². The van der Waals surface area contributed by atoms with Crippen molar-refractivity contribution in [2.75, 3.05) is 13.7 Å². The number of rotatable bonds is 6. The van der Waals surface area contributed by atoms with Crippen molar-refractivity contribution < 1.29 is 19.0 Å². The zero-order chi connectivity index (χ0) is 15.2. The summed E-state index contributed by atoms with van der Waals surface area (Å²) in [5, 5.41) is 0. The summed E-state index contributed by atoms with van der Waals surface area (Å²) in [4.78, 5) is 11.8. The highest BCUT2D eigenvalue weighted by Crippen LogP contribution is 2.25. The SMILES string of the molecule is CO[C@H]1CCC[C@H]1OC(=O)CCOc1cc(C)ccc1C. The van der Waals surface area contributed by atoms with E-state index in [1.165, 1.54) is 0 Å². The molecule has 116 valence electrons. The molecule has 4 nitrogen and oxygen atoms in total. The molecule has 2 atom stereocenters. The van der Waals surface area contributed by atoms with E-state index in [1.807, 2.05) is 32.0 Å². The largest absolute Gasteiger partial charge is 0.493 e. The molecule has 2 rings (SSSR count). The molecule has 0 radical (unpaired) electrons. The van der Waals surface area contributed by atoms with Crippen LogP contribution in [0.1, 0.15) is 36.8 Å². The van der Waals surface area contributed by atoms with Crippen LogP contribution < -0.4 is 4.74 Å². The summed E-state index contributed by atoms with van der Waals surface area (Å²) in [5.74, 6) is 0.618. The molecule has 0 aromatic heterocycles. The number of methoxy groups -OCH3 is 1.